The summed E-state index contributed by atoms with van der Waals surface area (Å²) in [5.41, 5.74) is 1.83. The molecule has 1 saturated heterocycles. The Kier molecular flexibility index (Phi) is 5.75. The number of ether oxygens (including phenoxy) is 1. The van der Waals surface area contributed by atoms with Crippen LogP contribution in [0.15, 0.2) is 47.7 Å². The number of nitrogens with one attached hydrogen (secondary N) is 1. The van der Waals surface area contributed by atoms with Crippen LogP contribution in [0.5, 0.6) is 0 Å². The number of esters is 1. The number of methoxy groups -OCH3 is 1. The monoisotopic (exact) mass is 342 g/mol. The third-order valence-corrected chi connectivity index (χ3v) is 3.88. The molecular formula is C19H22N2O4. The minimum absolute atomic E-state index is 0.205. The molecule has 1 aliphatic heterocycles. The Morgan fingerprint density at radius 1 is 1.16 bits per heavy atom. The second-order valence-electron chi connectivity index (χ2n) is 5.99. The zero-order valence-corrected chi connectivity index (χ0v) is 14.8. The van der Waals surface area contributed by atoms with E-state index in [4.69, 9.17) is 4.74 Å². The van der Waals surface area contributed by atoms with Gasteiger partial charge in [-0.05, 0) is 25.0 Å². The van der Waals surface area contributed by atoms with Crippen molar-refractivity contribution in [2.24, 2.45) is 0 Å². The van der Waals surface area contributed by atoms with Crippen molar-refractivity contribution in [3.05, 3.63) is 53.2 Å². The topological polar surface area (TPSA) is 75.7 Å². The van der Waals surface area contributed by atoms with E-state index in [0.29, 0.717) is 5.57 Å². The lowest BCUT2D eigenvalue weighted by Gasteiger charge is -2.46. The first kappa shape index (κ1) is 18.4. The van der Waals surface area contributed by atoms with Gasteiger partial charge in [-0.25, -0.2) is 4.79 Å². The molecule has 6 heteroatoms. The number of carbonyl (C=O) groups is 3. The molecule has 2 rings (SSSR count). The maximum Gasteiger partial charge on any atom is 0.354 e. The second-order valence-corrected chi connectivity index (χ2v) is 5.99. The summed E-state index contributed by atoms with van der Waals surface area (Å²) in [7, 11) is 1.27. The number of hydrogen-bond donors (Lipinski definition) is 1. The third-order valence-electron chi connectivity index (χ3n) is 3.88. The molecule has 2 unspecified atom stereocenters. The van der Waals surface area contributed by atoms with Crippen molar-refractivity contribution in [3.63, 3.8) is 0 Å². The molecule has 0 spiro atoms. The van der Waals surface area contributed by atoms with Crippen LogP contribution in [0.3, 0.4) is 0 Å². The van der Waals surface area contributed by atoms with Gasteiger partial charge in [0, 0.05) is 6.92 Å². The Hall–Kier alpha value is -2.89. The zero-order valence-electron chi connectivity index (χ0n) is 14.8. The third kappa shape index (κ3) is 3.96. The van der Waals surface area contributed by atoms with Gasteiger partial charge in [-0.3, -0.25) is 14.5 Å². The lowest BCUT2D eigenvalue weighted by Crippen LogP contribution is -2.70. The van der Waals surface area contributed by atoms with Crippen molar-refractivity contribution >= 4 is 23.9 Å². The number of hydrogen-bond acceptors (Lipinski definition) is 4. The molecule has 1 heterocycles. The molecule has 1 fully saturated rings. The number of nitrogens with zero attached hydrogens (tertiary/aromatic N) is 1. The van der Waals surface area contributed by atoms with Crippen LogP contribution in [-0.4, -0.2) is 41.9 Å². The summed E-state index contributed by atoms with van der Waals surface area (Å²) in [5, 5.41) is 2.64. The summed E-state index contributed by atoms with van der Waals surface area (Å²) in [4.78, 5) is 37.4. The van der Waals surface area contributed by atoms with E-state index in [9.17, 15) is 14.4 Å². The highest BCUT2D eigenvalue weighted by molar-refractivity contribution is 6.02. The summed E-state index contributed by atoms with van der Waals surface area (Å²) in [6.07, 6.45) is 3.67. The van der Waals surface area contributed by atoms with Gasteiger partial charge in [0.2, 0.25) is 5.91 Å². The van der Waals surface area contributed by atoms with Crippen molar-refractivity contribution in [1.82, 2.24) is 10.2 Å². The van der Waals surface area contributed by atoms with Gasteiger partial charge in [-0.2, -0.15) is 0 Å². The molecule has 6 nitrogen and oxygen atoms in total. The van der Waals surface area contributed by atoms with Gasteiger partial charge in [0.15, 0.2) is 0 Å². The Morgan fingerprint density at radius 2 is 1.80 bits per heavy atom. The molecule has 1 aliphatic rings. The van der Waals surface area contributed by atoms with Gasteiger partial charge in [0.1, 0.15) is 11.7 Å². The number of rotatable bonds is 5. The highest BCUT2D eigenvalue weighted by Crippen LogP contribution is 2.29. The predicted molar refractivity (Wildman–Crippen MR) is 94.1 cm³/mol. The molecule has 0 saturated carbocycles. The molecule has 0 aliphatic carbocycles. The van der Waals surface area contributed by atoms with Gasteiger partial charge in [0.05, 0.1) is 13.2 Å². The molecule has 1 aromatic rings. The van der Waals surface area contributed by atoms with Crippen LogP contribution < -0.4 is 5.32 Å². The first-order valence-corrected chi connectivity index (χ1v) is 7.96. The summed E-state index contributed by atoms with van der Waals surface area (Å²) >= 11 is 0. The number of β-lactam (4-membered cyclic amide) rings is 1. The van der Waals surface area contributed by atoms with Gasteiger partial charge in [0.25, 0.3) is 5.91 Å². The van der Waals surface area contributed by atoms with Crippen LogP contribution in [0.1, 0.15) is 26.3 Å². The van der Waals surface area contributed by atoms with Crippen molar-refractivity contribution in [3.8, 4) is 0 Å². The molecule has 2 atom stereocenters. The van der Waals surface area contributed by atoms with Crippen molar-refractivity contribution in [2.45, 2.75) is 32.9 Å². The van der Waals surface area contributed by atoms with Crippen LogP contribution in [0, 0.1) is 0 Å². The molecule has 0 radical (unpaired) electrons. The number of benzene rings is 1. The summed E-state index contributed by atoms with van der Waals surface area (Å²) in [6, 6.07) is 8.43. The average molecular weight is 342 g/mol. The Labute approximate surface area is 147 Å². The second kappa shape index (κ2) is 7.79. The van der Waals surface area contributed by atoms with Crippen LogP contribution >= 0.6 is 0 Å². The molecule has 132 valence electrons. The van der Waals surface area contributed by atoms with Gasteiger partial charge >= 0.3 is 5.97 Å². The fraction of sp³-hybridized carbons (Fsp3) is 0.316. The summed E-state index contributed by atoms with van der Waals surface area (Å²) in [5.74, 6) is -1.21. The molecule has 0 aromatic heterocycles. The van der Waals surface area contributed by atoms with E-state index in [0.717, 1.165) is 5.56 Å². The van der Waals surface area contributed by atoms with E-state index < -0.39 is 18.1 Å². The van der Waals surface area contributed by atoms with Crippen LogP contribution in [0.25, 0.3) is 6.08 Å². The Morgan fingerprint density at radius 3 is 2.32 bits per heavy atom. The van der Waals surface area contributed by atoms with Crippen LogP contribution in [0.4, 0.5) is 0 Å². The minimum Gasteiger partial charge on any atom is -0.464 e. The predicted octanol–water partition coefficient (Wildman–Crippen LogP) is 1.88. The van der Waals surface area contributed by atoms with Gasteiger partial charge < -0.3 is 10.1 Å². The van der Waals surface area contributed by atoms with Crippen LogP contribution in [0.2, 0.25) is 0 Å². The average Bonchev–Trinajstić information content (AvgIpc) is 2.59. The summed E-state index contributed by atoms with van der Waals surface area (Å²) < 4.78 is 4.80. The quantitative estimate of drug-likeness (QED) is 0.504. The Balaban J connectivity index is 2.35. The fourth-order valence-corrected chi connectivity index (χ4v) is 2.75. The Bertz CT molecular complexity index is 733. The van der Waals surface area contributed by atoms with Crippen molar-refractivity contribution in [1.29, 1.82) is 0 Å². The molecule has 1 aromatic carbocycles. The smallest absolute Gasteiger partial charge is 0.354 e. The van der Waals surface area contributed by atoms with E-state index in [2.05, 4.69) is 5.32 Å². The molecular weight excluding hydrogens is 320 g/mol. The van der Waals surface area contributed by atoms with Crippen LogP contribution in [-0.2, 0) is 19.1 Å². The maximum atomic E-state index is 12.5. The number of allylic oxidation sites excluding steroid dienone is 1. The summed E-state index contributed by atoms with van der Waals surface area (Å²) in [6.45, 7) is 4.84. The van der Waals surface area contributed by atoms with Crippen molar-refractivity contribution < 1.29 is 19.1 Å². The SMILES string of the molecule is COC(=O)C(=C(C)C)N1C(=O)C(NC(C)=O)C1C=Cc1ccccc1. The van der Waals surface area contributed by atoms with Crippen molar-refractivity contribution in [2.75, 3.05) is 7.11 Å². The highest BCUT2D eigenvalue weighted by Gasteiger charge is 2.50. The molecule has 0 bridgehead atoms. The van der Waals surface area contributed by atoms with Gasteiger partial charge in [-0.1, -0.05) is 42.5 Å². The van der Waals surface area contributed by atoms with E-state index in [1.54, 1.807) is 13.8 Å². The number of amides is 2. The lowest BCUT2D eigenvalue weighted by molar-refractivity contribution is -0.153. The van der Waals surface area contributed by atoms with Gasteiger partial charge in [-0.15, -0.1) is 0 Å². The number of carbonyl (C=O) groups excluding carboxylic acids is 3. The molecule has 25 heavy (non-hydrogen) atoms. The first-order chi connectivity index (χ1) is 11.9. The highest BCUT2D eigenvalue weighted by atomic mass is 16.5. The molecule has 2 amide bonds. The zero-order chi connectivity index (χ0) is 18.6. The van der Waals surface area contributed by atoms with E-state index >= 15 is 0 Å². The largest absolute Gasteiger partial charge is 0.464 e. The molecule has 1 N–H and O–H groups in total. The standard InChI is InChI=1S/C19H22N2O4/c1-12(2)17(19(24)25-4)21-15(16(18(21)23)20-13(3)22)11-10-14-8-6-5-7-9-14/h5-11,15-16H,1-4H3,(H,20,22). The normalized spacial score (nSPS) is 19.4. The minimum atomic E-state index is -0.698. The maximum absolute atomic E-state index is 12.5. The first-order valence-electron chi connectivity index (χ1n) is 7.96. The van der Waals surface area contributed by atoms with E-state index in [-0.39, 0.29) is 17.5 Å². The van der Waals surface area contributed by atoms with E-state index in [1.165, 1.54) is 18.9 Å². The number of likely N-dealkylation sites (tertiary alicyclic amines) is 1. The lowest BCUT2D eigenvalue weighted by atomic mass is 9.91. The fourth-order valence-electron chi connectivity index (χ4n) is 2.75. The van der Waals surface area contributed by atoms with E-state index in [1.807, 2.05) is 42.5 Å².